The standard InChI is InChI=1S/C13H13NO4S/c1-2-17-10-4-3-5-11(6-10)18-7-9-8-19-12(14-9)13(15)16/h3-6,8H,2,7H2,1H3,(H,15,16). The van der Waals surface area contributed by atoms with Gasteiger partial charge in [0.25, 0.3) is 0 Å². The Morgan fingerprint density at radius 2 is 2.11 bits per heavy atom. The fraction of sp³-hybridized carbons (Fsp3) is 0.231. The summed E-state index contributed by atoms with van der Waals surface area (Å²) in [5.74, 6) is 0.384. The number of thiazole rings is 1. The van der Waals surface area contributed by atoms with Crippen molar-refractivity contribution >= 4 is 17.3 Å². The topological polar surface area (TPSA) is 68.7 Å². The van der Waals surface area contributed by atoms with E-state index >= 15 is 0 Å². The smallest absolute Gasteiger partial charge is 0.365 e. The zero-order valence-electron chi connectivity index (χ0n) is 10.3. The van der Waals surface area contributed by atoms with Crippen molar-refractivity contribution in [3.8, 4) is 11.5 Å². The predicted octanol–water partition coefficient (Wildman–Crippen LogP) is 2.82. The third-order valence-electron chi connectivity index (χ3n) is 2.24. The molecule has 2 rings (SSSR count). The van der Waals surface area contributed by atoms with E-state index in [9.17, 15) is 4.79 Å². The van der Waals surface area contributed by atoms with Gasteiger partial charge in [-0.3, -0.25) is 0 Å². The fourth-order valence-corrected chi connectivity index (χ4v) is 2.09. The van der Waals surface area contributed by atoms with E-state index in [4.69, 9.17) is 14.6 Å². The molecule has 6 heteroatoms. The molecule has 1 N–H and O–H groups in total. The van der Waals surface area contributed by atoms with Crippen LogP contribution in [0.4, 0.5) is 0 Å². The van der Waals surface area contributed by atoms with Gasteiger partial charge in [-0.05, 0) is 19.1 Å². The van der Waals surface area contributed by atoms with Crippen molar-refractivity contribution in [1.29, 1.82) is 0 Å². The maximum atomic E-state index is 10.7. The van der Waals surface area contributed by atoms with Crippen LogP contribution in [0.3, 0.4) is 0 Å². The highest BCUT2D eigenvalue weighted by molar-refractivity contribution is 7.11. The molecular weight excluding hydrogens is 266 g/mol. The number of carboxylic acid groups (broad SMARTS) is 1. The van der Waals surface area contributed by atoms with Crippen LogP contribution in [0.25, 0.3) is 0 Å². The zero-order valence-corrected chi connectivity index (χ0v) is 11.1. The highest BCUT2D eigenvalue weighted by Gasteiger charge is 2.09. The third-order valence-corrected chi connectivity index (χ3v) is 3.12. The minimum Gasteiger partial charge on any atom is -0.494 e. The number of carbonyl (C=O) groups is 1. The van der Waals surface area contributed by atoms with E-state index in [0.717, 1.165) is 17.1 Å². The maximum Gasteiger partial charge on any atom is 0.365 e. The van der Waals surface area contributed by atoms with Crippen molar-refractivity contribution in [1.82, 2.24) is 4.98 Å². The maximum absolute atomic E-state index is 10.7. The molecule has 0 spiro atoms. The average Bonchev–Trinajstić information content (AvgIpc) is 2.86. The van der Waals surface area contributed by atoms with Crippen LogP contribution in [0, 0.1) is 0 Å². The molecule has 0 aliphatic heterocycles. The van der Waals surface area contributed by atoms with Crippen LogP contribution >= 0.6 is 11.3 Å². The highest BCUT2D eigenvalue weighted by Crippen LogP contribution is 2.20. The van der Waals surface area contributed by atoms with E-state index in [1.807, 2.05) is 25.1 Å². The van der Waals surface area contributed by atoms with Crippen molar-refractivity contribution in [2.45, 2.75) is 13.5 Å². The molecule has 100 valence electrons. The molecule has 0 unspecified atom stereocenters. The number of nitrogens with zero attached hydrogens (tertiary/aromatic N) is 1. The van der Waals surface area contributed by atoms with Gasteiger partial charge in [0.1, 0.15) is 18.1 Å². The van der Waals surface area contributed by atoms with Gasteiger partial charge in [0.15, 0.2) is 0 Å². The van der Waals surface area contributed by atoms with Crippen LogP contribution in [-0.4, -0.2) is 22.7 Å². The monoisotopic (exact) mass is 279 g/mol. The van der Waals surface area contributed by atoms with E-state index in [2.05, 4.69) is 4.98 Å². The molecule has 0 amide bonds. The molecule has 0 saturated heterocycles. The van der Waals surface area contributed by atoms with E-state index in [1.54, 1.807) is 11.4 Å². The summed E-state index contributed by atoms with van der Waals surface area (Å²) < 4.78 is 10.9. The molecule has 0 aliphatic rings. The van der Waals surface area contributed by atoms with E-state index in [1.165, 1.54) is 0 Å². The van der Waals surface area contributed by atoms with Crippen molar-refractivity contribution in [3.05, 3.63) is 40.3 Å². The quantitative estimate of drug-likeness (QED) is 0.880. The van der Waals surface area contributed by atoms with Crippen LogP contribution in [0.15, 0.2) is 29.6 Å². The lowest BCUT2D eigenvalue weighted by Gasteiger charge is -2.07. The average molecular weight is 279 g/mol. The first-order valence-corrected chi connectivity index (χ1v) is 6.60. The number of benzene rings is 1. The molecule has 0 atom stereocenters. The Hall–Kier alpha value is -2.08. The molecule has 2 aromatic rings. The molecule has 1 aromatic carbocycles. The first kappa shape index (κ1) is 13.4. The Morgan fingerprint density at radius 1 is 1.37 bits per heavy atom. The fourth-order valence-electron chi connectivity index (χ4n) is 1.45. The van der Waals surface area contributed by atoms with Crippen LogP contribution in [-0.2, 0) is 6.61 Å². The molecule has 0 fully saturated rings. The number of hydrogen-bond acceptors (Lipinski definition) is 5. The first-order chi connectivity index (χ1) is 9.19. The number of ether oxygens (including phenoxy) is 2. The van der Waals surface area contributed by atoms with Crippen molar-refractivity contribution in [3.63, 3.8) is 0 Å². The van der Waals surface area contributed by atoms with Crippen LogP contribution < -0.4 is 9.47 Å². The summed E-state index contributed by atoms with van der Waals surface area (Å²) in [6.45, 7) is 2.74. The van der Waals surface area contributed by atoms with Gasteiger partial charge in [-0.1, -0.05) is 6.07 Å². The number of hydrogen-bond donors (Lipinski definition) is 1. The summed E-state index contributed by atoms with van der Waals surface area (Å²) in [5, 5.41) is 10.5. The zero-order chi connectivity index (χ0) is 13.7. The van der Waals surface area contributed by atoms with Gasteiger partial charge in [-0.25, -0.2) is 9.78 Å². The Balaban J connectivity index is 1.97. The van der Waals surface area contributed by atoms with E-state index in [-0.39, 0.29) is 11.6 Å². The lowest BCUT2D eigenvalue weighted by molar-refractivity contribution is 0.0696. The highest BCUT2D eigenvalue weighted by atomic mass is 32.1. The van der Waals surface area contributed by atoms with Gasteiger partial charge in [-0.2, -0.15) is 0 Å². The molecule has 0 radical (unpaired) electrons. The molecule has 5 nitrogen and oxygen atoms in total. The molecule has 0 bridgehead atoms. The van der Waals surface area contributed by atoms with Gasteiger partial charge in [-0.15, -0.1) is 11.3 Å². The van der Waals surface area contributed by atoms with Gasteiger partial charge < -0.3 is 14.6 Å². The first-order valence-electron chi connectivity index (χ1n) is 5.72. The Labute approximate surface area is 114 Å². The predicted molar refractivity (Wildman–Crippen MR) is 71.0 cm³/mol. The second-order valence-corrected chi connectivity index (χ2v) is 4.50. The molecule has 0 saturated carbocycles. The normalized spacial score (nSPS) is 10.2. The molecule has 1 aromatic heterocycles. The van der Waals surface area contributed by atoms with E-state index in [0.29, 0.717) is 18.1 Å². The number of carboxylic acids is 1. The number of aromatic carboxylic acids is 1. The SMILES string of the molecule is CCOc1cccc(OCc2csc(C(=O)O)n2)c1. The van der Waals surface area contributed by atoms with Gasteiger partial charge in [0.2, 0.25) is 5.01 Å². The van der Waals surface area contributed by atoms with Crippen LogP contribution in [0.5, 0.6) is 11.5 Å². The Bertz CT molecular complexity index is 567. The van der Waals surface area contributed by atoms with Crippen LogP contribution in [0.2, 0.25) is 0 Å². The summed E-state index contributed by atoms with van der Waals surface area (Å²) in [6.07, 6.45) is 0. The Morgan fingerprint density at radius 3 is 2.74 bits per heavy atom. The molecular formula is C13H13NO4S. The minimum absolute atomic E-state index is 0.0710. The summed E-state index contributed by atoms with van der Waals surface area (Å²) in [4.78, 5) is 14.6. The van der Waals surface area contributed by atoms with Crippen molar-refractivity contribution < 1.29 is 19.4 Å². The lowest BCUT2D eigenvalue weighted by atomic mass is 10.3. The second-order valence-electron chi connectivity index (χ2n) is 3.65. The summed E-state index contributed by atoms with van der Waals surface area (Å²) >= 11 is 1.09. The van der Waals surface area contributed by atoms with Crippen LogP contribution in [0.1, 0.15) is 22.4 Å². The molecule has 19 heavy (non-hydrogen) atoms. The third kappa shape index (κ3) is 3.69. The Kier molecular flexibility index (Phi) is 4.35. The van der Waals surface area contributed by atoms with Gasteiger partial charge in [0.05, 0.1) is 12.3 Å². The largest absolute Gasteiger partial charge is 0.494 e. The summed E-state index contributed by atoms with van der Waals surface area (Å²) in [7, 11) is 0. The lowest BCUT2D eigenvalue weighted by Crippen LogP contribution is -1.99. The van der Waals surface area contributed by atoms with E-state index < -0.39 is 5.97 Å². The minimum atomic E-state index is -1.02. The number of rotatable bonds is 6. The van der Waals surface area contributed by atoms with Crippen molar-refractivity contribution in [2.24, 2.45) is 0 Å². The summed E-state index contributed by atoms with van der Waals surface area (Å²) in [5.41, 5.74) is 0.601. The molecule has 0 aliphatic carbocycles. The second kappa shape index (κ2) is 6.19. The van der Waals surface area contributed by atoms with Crippen molar-refractivity contribution in [2.75, 3.05) is 6.61 Å². The van der Waals surface area contributed by atoms with Gasteiger partial charge >= 0.3 is 5.97 Å². The number of aromatic nitrogens is 1. The molecule has 1 heterocycles. The van der Waals surface area contributed by atoms with Gasteiger partial charge in [0, 0.05) is 11.4 Å². The summed E-state index contributed by atoms with van der Waals surface area (Å²) in [6, 6.07) is 7.28.